The molecule has 2 N–H and O–H groups in total. The van der Waals surface area contributed by atoms with Crippen molar-refractivity contribution in [1.82, 2.24) is 15.5 Å². The van der Waals surface area contributed by atoms with Crippen molar-refractivity contribution in [2.45, 2.75) is 26.2 Å². The second-order valence-corrected chi connectivity index (χ2v) is 8.93. The second kappa shape index (κ2) is 11.5. The van der Waals surface area contributed by atoms with Crippen LogP contribution in [0.5, 0.6) is 0 Å². The first-order chi connectivity index (χ1) is 10.5. The Balaban J connectivity index is 0.00000264. The highest BCUT2D eigenvalue weighted by Gasteiger charge is 2.23. The maximum Gasteiger partial charge on any atom is 0.220 e. The maximum absolute atomic E-state index is 12.0. The van der Waals surface area contributed by atoms with Crippen LogP contribution in [0.1, 0.15) is 26.2 Å². The summed E-state index contributed by atoms with van der Waals surface area (Å²) >= 11 is 0. The van der Waals surface area contributed by atoms with Gasteiger partial charge in [-0.3, -0.25) is 9.69 Å². The van der Waals surface area contributed by atoms with Crippen LogP contribution in [0, 0.1) is 11.8 Å². The van der Waals surface area contributed by atoms with E-state index in [1.165, 1.54) is 12.8 Å². The van der Waals surface area contributed by atoms with Gasteiger partial charge in [-0.05, 0) is 37.8 Å². The number of nitrogens with zero attached hydrogens (tertiary/aromatic N) is 1. The lowest BCUT2D eigenvalue weighted by Crippen LogP contribution is -2.44. The van der Waals surface area contributed by atoms with Crippen molar-refractivity contribution in [2.75, 3.05) is 50.8 Å². The number of hydrogen-bond donors (Lipinski definition) is 2. The van der Waals surface area contributed by atoms with E-state index in [1.54, 1.807) is 0 Å². The first-order valence-corrected chi connectivity index (χ1v) is 10.2. The molecule has 0 aromatic heterocycles. The highest BCUT2D eigenvalue weighted by atomic mass is 35.5. The van der Waals surface area contributed by atoms with Crippen molar-refractivity contribution in [3.05, 3.63) is 0 Å². The molecule has 0 bridgehead atoms. The van der Waals surface area contributed by atoms with Gasteiger partial charge in [0, 0.05) is 32.6 Å². The molecule has 144 valence electrons. The lowest BCUT2D eigenvalue weighted by atomic mass is 9.85. The molecule has 0 aromatic rings. The van der Waals surface area contributed by atoms with E-state index in [9.17, 15) is 13.2 Å². The number of nitrogens with one attached hydrogen (secondary N) is 2. The standard InChI is InChI=1S/C15H29N3O3S.2ClH/c1-13(14-3-2-4-16-12-14)11-15(19)17-5-6-18-7-9-22(20,21)10-8-18;;/h13-14,16H,2-12H2,1H3,(H,17,19);2*1H. The summed E-state index contributed by atoms with van der Waals surface area (Å²) in [5.74, 6) is 1.61. The van der Waals surface area contributed by atoms with Crippen molar-refractivity contribution in [3.63, 3.8) is 0 Å². The zero-order valence-corrected chi connectivity index (χ0v) is 16.8. The molecule has 6 nitrogen and oxygen atoms in total. The van der Waals surface area contributed by atoms with Gasteiger partial charge in [-0.15, -0.1) is 24.8 Å². The molecular formula is C15H31Cl2N3O3S. The van der Waals surface area contributed by atoms with E-state index in [0.29, 0.717) is 37.9 Å². The lowest BCUT2D eigenvalue weighted by molar-refractivity contribution is -0.122. The number of carbonyl (C=O) groups is 1. The van der Waals surface area contributed by atoms with Crippen LogP contribution in [0.3, 0.4) is 0 Å². The molecular weight excluding hydrogens is 373 g/mol. The molecule has 24 heavy (non-hydrogen) atoms. The van der Waals surface area contributed by atoms with Crippen molar-refractivity contribution in [2.24, 2.45) is 11.8 Å². The Bertz CT molecular complexity index is 457. The molecule has 0 aromatic carbocycles. The second-order valence-electron chi connectivity index (χ2n) is 6.63. The van der Waals surface area contributed by atoms with Gasteiger partial charge in [0.15, 0.2) is 9.84 Å². The molecule has 2 saturated heterocycles. The third kappa shape index (κ3) is 8.34. The fourth-order valence-electron chi connectivity index (χ4n) is 3.22. The molecule has 0 spiro atoms. The summed E-state index contributed by atoms with van der Waals surface area (Å²) in [5, 5.41) is 6.36. The van der Waals surface area contributed by atoms with E-state index in [1.807, 2.05) is 0 Å². The molecule has 9 heteroatoms. The number of sulfone groups is 1. The number of amides is 1. The monoisotopic (exact) mass is 403 g/mol. The Labute approximate surface area is 158 Å². The Kier molecular flexibility index (Phi) is 11.5. The Hall–Kier alpha value is -0.0800. The molecule has 2 heterocycles. The molecule has 2 aliphatic heterocycles. The molecule has 2 rings (SSSR count). The fraction of sp³-hybridized carbons (Fsp3) is 0.933. The average molecular weight is 404 g/mol. The number of piperidine rings is 1. The number of halogens is 2. The molecule has 1 amide bonds. The van der Waals surface area contributed by atoms with Crippen LogP contribution in [0.15, 0.2) is 0 Å². The Morgan fingerprint density at radius 3 is 2.54 bits per heavy atom. The van der Waals surface area contributed by atoms with Crippen LogP contribution in [0.25, 0.3) is 0 Å². The third-order valence-corrected chi connectivity index (χ3v) is 6.44. The highest BCUT2D eigenvalue weighted by molar-refractivity contribution is 7.91. The molecule has 0 aliphatic carbocycles. The van der Waals surface area contributed by atoms with Crippen molar-refractivity contribution < 1.29 is 13.2 Å². The van der Waals surface area contributed by atoms with Gasteiger partial charge in [0.1, 0.15) is 0 Å². The van der Waals surface area contributed by atoms with E-state index >= 15 is 0 Å². The summed E-state index contributed by atoms with van der Waals surface area (Å²) in [5.41, 5.74) is 0. The summed E-state index contributed by atoms with van der Waals surface area (Å²) in [6, 6.07) is 0. The van der Waals surface area contributed by atoms with E-state index in [2.05, 4.69) is 22.5 Å². The fourth-order valence-corrected chi connectivity index (χ4v) is 4.50. The van der Waals surface area contributed by atoms with Crippen LogP contribution in [-0.4, -0.2) is 70.0 Å². The van der Waals surface area contributed by atoms with Crippen LogP contribution >= 0.6 is 24.8 Å². The minimum Gasteiger partial charge on any atom is -0.355 e. The minimum absolute atomic E-state index is 0. The van der Waals surface area contributed by atoms with Gasteiger partial charge < -0.3 is 10.6 Å². The normalized spacial score (nSPS) is 25.0. The zero-order chi connectivity index (χ0) is 16.0. The van der Waals surface area contributed by atoms with Crippen molar-refractivity contribution >= 4 is 40.6 Å². The molecule has 2 fully saturated rings. The lowest BCUT2D eigenvalue weighted by Gasteiger charge is -2.28. The van der Waals surface area contributed by atoms with Crippen LogP contribution in [-0.2, 0) is 14.6 Å². The summed E-state index contributed by atoms with van der Waals surface area (Å²) in [6.07, 6.45) is 3.00. The van der Waals surface area contributed by atoms with E-state index in [0.717, 1.165) is 19.6 Å². The molecule has 2 aliphatic rings. The largest absolute Gasteiger partial charge is 0.355 e. The minimum atomic E-state index is -2.82. The van der Waals surface area contributed by atoms with Gasteiger partial charge >= 0.3 is 0 Å². The molecule has 0 saturated carbocycles. The smallest absolute Gasteiger partial charge is 0.220 e. The van der Waals surface area contributed by atoms with Gasteiger partial charge in [-0.25, -0.2) is 8.42 Å². The highest BCUT2D eigenvalue weighted by Crippen LogP contribution is 2.22. The van der Waals surface area contributed by atoms with E-state index in [4.69, 9.17) is 0 Å². The summed E-state index contributed by atoms with van der Waals surface area (Å²) in [4.78, 5) is 14.1. The van der Waals surface area contributed by atoms with Gasteiger partial charge in [0.2, 0.25) is 5.91 Å². The topological polar surface area (TPSA) is 78.5 Å². The summed E-state index contributed by atoms with van der Waals surface area (Å²) in [7, 11) is -2.82. The van der Waals surface area contributed by atoms with Crippen molar-refractivity contribution in [1.29, 1.82) is 0 Å². The zero-order valence-electron chi connectivity index (χ0n) is 14.3. The third-order valence-electron chi connectivity index (χ3n) is 4.83. The first kappa shape index (κ1) is 23.9. The number of rotatable bonds is 6. The van der Waals surface area contributed by atoms with Gasteiger partial charge in [0.05, 0.1) is 11.5 Å². The predicted octanol–water partition coefficient (Wildman–Crippen LogP) is 0.702. The summed E-state index contributed by atoms with van der Waals surface area (Å²) < 4.78 is 22.7. The molecule has 2 unspecified atom stereocenters. The Morgan fingerprint density at radius 2 is 1.96 bits per heavy atom. The summed E-state index contributed by atoms with van der Waals surface area (Å²) in [6.45, 7) is 6.80. The number of carbonyl (C=O) groups excluding carboxylic acids is 1. The van der Waals surface area contributed by atoms with Crippen LogP contribution in [0.4, 0.5) is 0 Å². The van der Waals surface area contributed by atoms with E-state index < -0.39 is 9.84 Å². The molecule has 2 atom stereocenters. The van der Waals surface area contributed by atoms with Crippen LogP contribution < -0.4 is 10.6 Å². The Morgan fingerprint density at radius 1 is 1.29 bits per heavy atom. The average Bonchev–Trinajstić information content (AvgIpc) is 2.50. The van der Waals surface area contributed by atoms with E-state index in [-0.39, 0.29) is 42.2 Å². The van der Waals surface area contributed by atoms with Gasteiger partial charge in [-0.1, -0.05) is 6.92 Å². The SMILES string of the molecule is CC(CC(=O)NCCN1CCS(=O)(=O)CC1)C1CCCNC1.Cl.Cl. The number of hydrogen-bond acceptors (Lipinski definition) is 5. The van der Waals surface area contributed by atoms with Crippen LogP contribution in [0.2, 0.25) is 0 Å². The predicted molar refractivity (Wildman–Crippen MR) is 102 cm³/mol. The quantitative estimate of drug-likeness (QED) is 0.682. The molecule has 0 radical (unpaired) electrons. The van der Waals surface area contributed by atoms with Gasteiger partial charge in [-0.2, -0.15) is 0 Å². The first-order valence-electron chi connectivity index (χ1n) is 8.36. The maximum atomic E-state index is 12.0. The van der Waals surface area contributed by atoms with Gasteiger partial charge in [0.25, 0.3) is 0 Å². The van der Waals surface area contributed by atoms with Crippen molar-refractivity contribution in [3.8, 4) is 0 Å².